The molecule has 1 amide bonds. The van der Waals surface area contributed by atoms with Gasteiger partial charge in [0.2, 0.25) is 5.95 Å². The highest BCUT2D eigenvalue weighted by Gasteiger charge is 2.24. The van der Waals surface area contributed by atoms with Crippen LogP contribution in [0.4, 0.5) is 11.8 Å². The standard InChI is InChI=1S/C24H30N6OS/c1-4-32-23-19(9-7-15-25-23)22(31)26-16-11-13-17(14-12-16)27-24-28-20-10-6-5-8-18(20)21(29-24)30(2)3/h5-10,15-17H,4,11-14H2,1-3H3,(H,26,31)(H,27,28,29)/t16-,17+. The van der Waals surface area contributed by atoms with E-state index in [9.17, 15) is 4.79 Å². The summed E-state index contributed by atoms with van der Waals surface area (Å²) in [6.45, 7) is 2.07. The predicted molar refractivity (Wildman–Crippen MR) is 132 cm³/mol. The third-order valence-electron chi connectivity index (χ3n) is 5.70. The third-order valence-corrected chi connectivity index (χ3v) is 6.59. The lowest BCUT2D eigenvalue weighted by Crippen LogP contribution is -2.40. The first kappa shape index (κ1) is 22.3. The minimum Gasteiger partial charge on any atom is -0.362 e. The fraction of sp³-hybridized carbons (Fsp3) is 0.417. The summed E-state index contributed by atoms with van der Waals surface area (Å²) in [5.74, 6) is 2.44. The van der Waals surface area contributed by atoms with Crippen LogP contribution in [0.25, 0.3) is 10.9 Å². The molecule has 168 valence electrons. The Morgan fingerprint density at radius 1 is 1.06 bits per heavy atom. The van der Waals surface area contributed by atoms with E-state index >= 15 is 0 Å². The topological polar surface area (TPSA) is 83.0 Å². The molecule has 7 nitrogen and oxygen atoms in total. The largest absolute Gasteiger partial charge is 0.362 e. The number of nitrogens with one attached hydrogen (secondary N) is 2. The number of hydrogen-bond donors (Lipinski definition) is 2. The van der Waals surface area contributed by atoms with E-state index in [1.54, 1.807) is 18.0 Å². The van der Waals surface area contributed by atoms with Gasteiger partial charge in [0.15, 0.2) is 0 Å². The Hall–Kier alpha value is -2.87. The maximum Gasteiger partial charge on any atom is 0.254 e. The number of nitrogens with zero attached hydrogens (tertiary/aromatic N) is 4. The summed E-state index contributed by atoms with van der Waals surface area (Å²) in [6, 6.07) is 12.2. The molecule has 0 atom stereocenters. The Labute approximate surface area is 193 Å². The molecule has 1 fully saturated rings. The monoisotopic (exact) mass is 450 g/mol. The Bertz CT molecular complexity index is 1080. The minimum atomic E-state index is -0.0288. The molecule has 2 heterocycles. The molecule has 3 aromatic rings. The molecular formula is C24H30N6OS. The second kappa shape index (κ2) is 10.2. The lowest BCUT2D eigenvalue weighted by atomic mass is 9.91. The second-order valence-corrected chi connectivity index (χ2v) is 9.49. The van der Waals surface area contributed by atoms with Gasteiger partial charge in [-0.15, -0.1) is 11.8 Å². The van der Waals surface area contributed by atoms with Crippen molar-refractivity contribution in [1.29, 1.82) is 0 Å². The zero-order valence-electron chi connectivity index (χ0n) is 18.8. The van der Waals surface area contributed by atoms with Crippen molar-refractivity contribution in [3.63, 3.8) is 0 Å². The summed E-state index contributed by atoms with van der Waals surface area (Å²) in [4.78, 5) is 28.7. The third kappa shape index (κ3) is 5.12. The van der Waals surface area contributed by atoms with Crippen LogP contribution in [0.3, 0.4) is 0 Å². The number of aromatic nitrogens is 3. The predicted octanol–water partition coefficient (Wildman–Crippen LogP) is 4.36. The molecule has 2 aromatic heterocycles. The zero-order chi connectivity index (χ0) is 22.5. The highest BCUT2D eigenvalue weighted by molar-refractivity contribution is 7.99. The Morgan fingerprint density at radius 3 is 2.56 bits per heavy atom. The summed E-state index contributed by atoms with van der Waals surface area (Å²) >= 11 is 1.60. The average molecular weight is 451 g/mol. The average Bonchev–Trinajstić information content (AvgIpc) is 2.80. The van der Waals surface area contributed by atoms with Crippen LogP contribution in [0.15, 0.2) is 47.6 Å². The number of carbonyl (C=O) groups is 1. The molecule has 8 heteroatoms. The number of para-hydroxylation sites is 1. The van der Waals surface area contributed by atoms with Crippen molar-refractivity contribution in [2.45, 2.75) is 49.7 Å². The van der Waals surface area contributed by atoms with E-state index in [0.29, 0.717) is 17.6 Å². The number of benzene rings is 1. The first-order valence-electron chi connectivity index (χ1n) is 11.1. The van der Waals surface area contributed by atoms with E-state index in [1.807, 2.05) is 49.3 Å². The van der Waals surface area contributed by atoms with Gasteiger partial charge in [0, 0.05) is 37.8 Å². The zero-order valence-corrected chi connectivity index (χ0v) is 19.7. The van der Waals surface area contributed by atoms with Gasteiger partial charge >= 0.3 is 0 Å². The van der Waals surface area contributed by atoms with Gasteiger partial charge in [0.25, 0.3) is 5.91 Å². The summed E-state index contributed by atoms with van der Waals surface area (Å²) < 4.78 is 0. The molecule has 4 rings (SSSR count). The summed E-state index contributed by atoms with van der Waals surface area (Å²) in [5.41, 5.74) is 1.60. The lowest BCUT2D eigenvalue weighted by molar-refractivity contribution is 0.0923. The normalized spacial score (nSPS) is 18.3. The number of anilines is 2. The Kier molecular flexibility index (Phi) is 7.09. The minimum absolute atomic E-state index is 0.0288. The van der Waals surface area contributed by atoms with Crippen LogP contribution in [0.5, 0.6) is 0 Å². The van der Waals surface area contributed by atoms with Gasteiger partial charge in [-0.25, -0.2) is 9.97 Å². The van der Waals surface area contributed by atoms with Gasteiger partial charge in [-0.2, -0.15) is 4.98 Å². The van der Waals surface area contributed by atoms with E-state index in [4.69, 9.17) is 9.97 Å². The molecule has 2 N–H and O–H groups in total. The van der Waals surface area contributed by atoms with E-state index in [1.165, 1.54) is 0 Å². The molecule has 0 aliphatic heterocycles. The van der Waals surface area contributed by atoms with E-state index in [0.717, 1.165) is 53.2 Å². The van der Waals surface area contributed by atoms with Crippen LogP contribution in [0.1, 0.15) is 43.0 Å². The molecule has 1 saturated carbocycles. The van der Waals surface area contributed by atoms with Crippen LogP contribution in [-0.4, -0.2) is 52.8 Å². The first-order valence-corrected chi connectivity index (χ1v) is 12.1. The first-order chi connectivity index (χ1) is 15.5. The van der Waals surface area contributed by atoms with Crippen LogP contribution < -0.4 is 15.5 Å². The van der Waals surface area contributed by atoms with Crippen molar-refractivity contribution in [2.24, 2.45) is 0 Å². The lowest BCUT2D eigenvalue weighted by Gasteiger charge is -2.30. The summed E-state index contributed by atoms with van der Waals surface area (Å²) in [6.07, 6.45) is 5.51. The quantitative estimate of drug-likeness (QED) is 0.518. The van der Waals surface area contributed by atoms with Crippen LogP contribution in [0, 0.1) is 0 Å². The molecule has 1 aliphatic carbocycles. The molecule has 1 aliphatic rings. The van der Waals surface area contributed by atoms with Crippen molar-refractivity contribution in [1.82, 2.24) is 20.3 Å². The van der Waals surface area contributed by atoms with Gasteiger partial charge in [-0.05, 0) is 55.7 Å². The molecule has 0 saturated heterocycles. The number of fused-ring (bicyclic) bond motifs is 1. The maximum absolute atomic E-state index is 12.8. The molecule has 32 heavy (non-hydrogen) atoms. The summed E-state index contributed by atoms with van der Waals surface area (Å²) in [7, 11) is 4.00. The van der Waals surface area contributed by atoms with Gasteiger partial charge < -0.3 is 15.5 Å². The van der Waals surface area contributed by atoms with E-state index < -0.39 is 0 Å². The van der Waals surface area contributed by atoms with Crippen molar-refractivity contribution in [2.75, 3.05) is 30.1 Å². The Balaban J connectivity index is 1.37. The van der Waals surface area contributed by atoms with Gasteiger partial charge in [0.05, 0.1) is 11.1 Å². The van der Waals surface area contributed by atoms with Crippen molar-refractivity contribution in [3.05, 3.63) is 48.2 Å². The van der Waals surface area contributed by atoms with Crippen LogP contribution in [0.2, 0.25) is 0 Å². The number of rotatable bonds is 7. The molecule has 0 bridgehead atoms. The van der Waals surface area contributed by atoms with Crippen molar-refractivity contribution >= 4 is 40.3 Å². The van der Waals surface area contributed by atoms with E-state index in [2.05, 4.69) is 28.6 Å². The van der Waals surface area contributed by atoms with Gasteiger partial charge in [-0.1, -0.05) is 19.1 Å². The number of pyridine rings is 1. The SMILES string of the molecule is CCSc1ncccc1C(=O)N[C@H]1CC[C@@H](Nc2nc(N(C)C)c3ccccc3n2)CC1. The Morgan fingerprint density at radius 2 is 1.81 bits per heavy atom. The molecule has 1 aromatic carbocycles. The van der Waals surface area contributed by atoms with Crippen molar-refractivity contribution < 1.29 is 4.79 Å². The van der Waals surface area contributed by atoms with Crippen LogP contribution in [-0.2, 0) is 0 Å². The summed E-state index contributed by atoms with van der Waals surface area (Å²) in [5, 5.41) is 8.58. The van der Waals surface area contributed by atoms with Crippen molar-refractivity contribution in [3.8, 4) is 0 Å². The second-order valence-electron chi connectivity index (χ2n) is 8.24. The number of hydrogen-bond acceptors (Lipinski definition) is 7. The molecule has 0 unspecified atom stereocenters. The highest BCUT2D eigenvalue weighted by Crippen LogP contribution is 2.27. The highest BCUT2D eigenvalue weighted by atomic mass is 32.2. The smallest absolute Gasteiger partial charge is 0.254 e. The number of carbonyl (C=O) groups excluding carboxylic acids is 1. The van der Waals surface area contributed by atoms with Gasteiger partial charge in [-0.3, -0.25) is 4.79 Å². The molecule has 0 spiro atoms. The van der Waals surface area contributed by atoms with E-state index in [-0.39, 0.29) is 11.9 Å². The van der Waals surface area contributed by atoms with Gasteiger partial charge in [0.1, 0.15) is 10.8 Å². The maximum atomic E-state index is 12.8. The fourth-order valence-electron chi connectivity index (χ4n) is 4.11. The van der Waals surface area contributed by atoms with Crippen LogP contribution >= 0.6 is 11.8 Å². The molecular weight excluding hydrogens is 420 g/mol. The molecule has 0 radical (unpaired) electrons. The number of amides is 1. The number of thioether (sulfide) groups is 1. The fourth-order valence-corrected chi connectivity index (χ4v) is 4.83.